The Morgan fingerprint density at radius 3 is 1.58 bits per heavy atom. The first-order valence-electron chi connectivity index (χ1n) is 2.73. The van der Waals surface area contributed by atoms with Crippen LogP contribution in [0.1, 0.15) is 6.42 Å². The number of esters is 2. The number of carbonyl (C=O) groups excluding carboxylic acids is 2. The van der Waals surface area contributed by atoms with Gasteiger partial charge in [0.1, 0.15) is 6.42 Å². The molecule has 0 heterocycles. The van der Waals surface area contributed by atoms with Crippen molar-refractivity contribution < 1.29 is 47.8 Å². The standard InChI is InChI=1S/C5H8O6.V/c6-2-10-4(8)1-5(9)11-3-7;/h6-7H,1-3H2;. The van der Waals surface area contributed by atoms with Crippen molar-refractivity contribution in [1.82, 2.24) is 0 Å². The monoisotopic (exact) mass is 215 g/mol. The molecule has 2 N–H and O–H groups in total. The SMILES string of the molecule is O=C(CC(=O)OCO)OCO.[V]. The van der Waals surface area contributed by atoms with Crippen LogP contribution < -0.4 is 0 Å². The molecule has 69 valence electrons. The van der Waals surface area contributed by atoms with Crippen molar-refractivity contribution in [2.75, 3.05) is 13.6 Å². The van der Waals surface area contributed by atoms with Crippen LogP contribution in [0.4, 0.5) is 0 Å². The molecule has 0 amide bonds. The summed E-state index contributed by atoms with van der Waals surface area (Å²) in [7, 11) is 0. The minimum absolute atomic E-state index is 0. The predicted molar refractivity (Wildman–Crippen MR) is 31.0 cm³/mol. The van der Waals surface area contributed by atoms with Crippen LogP contribution in [0.5, 0.6) is 0 Å². The molecule has 0 atom stereocenters. The van der Waals surface area contributed by atoms with E-state index in [2.05, 4.69) is 9.47 Å². The Balaban J connectivity index is 0. The van der Waals surface area contributed by atoms with Gasteiger partial charge in [-0.2, -0.15) is 0 Å². The zero-order valence-corrected chi connectivity index (χ0v) is 7.49. The van der Waals surface area contributed by atoms with Crippen LogP contribution in [0, 0.1) is 0 Å². The normalized spacial score (nSPS) is 8.17. The number of aliphatic hydroxyl groups is 2. The van der Waals surface area contributed by atoms with Gasteiger partial charge in [-0.15, -0.1) is 0 Å². The summed E-state index contributed by atoms with van der Waals surface area (Å²) in [6, 6.07) is 0. The zero-order chi connectivity index (χ0) is 8.69. The van der Waals surface area contributed by atoms with Gasteiger partial charge in [-0.25, -0.2) is 0 Å². The average molecular weight is 215 g/mol. The molecule has 12 heavy (non-hydrogen) atoms. The largest absolute Gasteiger partial charge is 0.438 e. The van der Waals surface area contributed by atoms with Gasteiger partial charge in [0.25, 0.3) is 0 Å². The molecule has 0 aliphatic carbocycles. The average Bonchev–Trinajstić information content (AvgIpc) is 1.87. The van der Waals surface area contributed by atoms with Gasteiger partial charge in [-0.1, -0.05) is 0 Å². The summed E-state index contributed by atoms with van der Waals surface area (Å²) in [6.45, 7) is -1.55. The van der Waals surface area contributed by atoms with Crippen LogP contribution >= 0.6 is 0 Å². The Hall–Kier alpha value is -0.556. The van der Waals surface area contributed by atoms with Crippen LogP contribution in [-0.4, -0.2) is 35.7 Å². The molecule has 0 saturated heterocycles. The van der Waals surface area contributed by atoms with Crippen molar-refractivity contribution in [2.24, 2.45) is 0 Å². The smallest absolute Gasteiger partial charge is 0.319 e. The third-order valence-electron chi connectivity index (χ3n) is 0.740. The van der Waals surface area contributed by atoms with E-state index in [9.17, 15) is 9.59 Å². The number of ether oxygens (including phenoxy) is 2. The summed E-state index contributed by atoms with van der Waals surface area (Å²) in [5, 5.41) is 16.1. The topological polar surface area (TPSA) is 93.1 Å². The van der Waals surface area contributed by atoms with Crippen molar-refractivity contribution in [1.29, 1.82) is 0 Å². The van der Waals surface area contributed by atoms with Crippen LogP contribution in [0.25, 0.3) is 0 Å². The van der Waals surface area contributed by atoms with E-state index < -0.39 is 31.9 Å². The molecule has 0 aromatic rings. The van der Waals surface area contributed by atoms with E-state index in [1.54, 1.807) is 0 Å². The Labute approximate surface area is 80.3 Å². The van der Waals surface area contributed by atoms with Crippen LogP contribution in [0.2, 0.25) is 0 Å². The van der Waals surface area contributed by atoms with Gasteiger partial charge in [0, 0.05) is 18.6 Å². The Morgan fingerprint density at radius 1 is 1.00 bits per heavy atom. The molecule has 7 heteroatoms. The Morgan fingerprint density at radius 2 is 1.33 bits per heavy atom. The summed E-state index contributed by atoms with van der Waals surface area (Å²) in [5.41, 5.74) is 0. The van der Waals surface area contributed by atoms with Crippen LogP contribution in [0.3, 0.4) is 0 Å². The molecule has 0 bridgehead atoms. The Bertz CT molecular complexity index is 131. The summed E-state index contributed by atoms with van der Waals surface area (Å²) in [5.74, 6) is -1.79. The second kappa shape index (κ2) is 8.54. The fraction of sp³-hybridized carbons (Fsp3) is 0.600. The van der Waals surface area contributed by atoms with Crippen molar-refractivity contribution in [3.05, 3.63) is 0 Å². The molecule has 0 fully saturated rings. The summed E-state index contributed by atoms with van der Waals surface area (Å²) in [6.07, 6.45) is -0.610. The van der Waals surface area contributed by atoms with Crippen molar-refractivity contribution in [2.45, 2.75) is 6.42 Å². The second-order valence-corrected chi connectivity index (χ2v) is 1.47. The van der Waals surface area contributed by atoms with E-state index in [-0.39, 0.29) is 18.6 Å². The molecule has 0 saturated carbocycles. The molecule has 0 aliphatic rings. The number of aliphatic hydroxyl groups excluding tert-OH is 2. The molecule has 0 unspecified atom stereocenters. The van der Waals surface area contributed by atoms with Gasteiger partial charge in [0.15, 0.2) is 13.6 Å². The van der Waals surface area contributed by atoms with Gasteiger partial charge < -0.3 is 19.7 Å². The van der Waals surface area contributed by atoms with Gasteiger partial charge in [0.2, 0.25) is 0 Å². The molecule has 1 radical (unpaired) electrons. The van der Waals surface area contributed by atoms with Gasteiger partial charge in [0.05, 0.1) is 0 Å². The van der Waals surface area contributed by atoms with E-state index in [0.29, 0.717) is 0 Å². The first-order valence-corrected chi connectivity index (χ1v) is 2.73. The zero-order valence-electron chi connectivity index (χ0n) is 6.10. The van der Waals surface area contributed by atoms with Crippen molar-refractivity contribution >= 4 is 11.9 Å². The van der Waals surface area contributed by atoms with Gasteiger partial charge in [-0.3, -0.25) is 9.59 Å². The van der Waals surface area contributed by atoms with E-state index in [1.807, 2.05) is 0 Å². The van der Waals surface area contributed by atoms with Crippen molar-refractivity contribution in [3.8, 4) is 0 Å². The fourth-order valence-corrected chi connectivity index (χ4v) is 0.364. The summed E-state index contributed by atoms with van der Waals surface area (Å²) >= 11 is 0. The molecule has 0 aromatic heterocycles. The third-order valence-corrected chi connectivity index (χ3v) is 0.740. The molecular formula is C5H8O6V. The van der Waals surface area contributed by atoms with Crippen molar-refractivity contribution in [3.63, 3.8) is 0 Å². The number of hydrogen-bond acceptors (Lipinski definition) is 6. The maximum atomic E-state index is 10.4. The molecule has 0 spiro atoms. The molecule has 0 rings (SSSR count). The molecule has 6 nitrogen and oxygen atoms in total. The number of carbonyl (C=O) groups is 2. The van der Waals surface area contributed by atoms with E-state index in [1.165, 1.54) is 0 Å². The molecular weight excluding hydrogens is 207 g/mol. The quantitative estimate of drug-likeness (QED) is 0.332. The molecule has 0 aliphatic heterocycles. The van der Waals surface area contributed by atoms with E-state index in [4.69, 9.17) is 10.2 Å². The molecule has 0 aromatic carbocycles. The van der Waals surface area contributed by atoms with E-state index in [0.717, 1.165) is 0 Å². The minimum atomic E-state index is -0.897. The van der Waals surface area contributed by atoms with Crippen LogP contribution in [-0.2, 0) is 37.6 Å². The predicted octanol–water partition coefficient (Wildman–Crippen LogP) is -1.64. The van der Waals surface area contributed by atoms with Gasteiger partial charge in [-0.05, 0) is 0 Å². The summed E-state index contributed by atoms with van der Waals surface area (Å²) in [4.78, 5) is 20.7. The maximum Gasteiger partial charge on any atom is 0.319 e. The first kappa shape index (κ1) is 14.0. The minimum Gasteiger partial charge on any atom is -0.438 e. The first-order chi connectivity index (χ1) is 5.20. The Kier molecular flexibility index (Phi) is 9.96. The second-order valence-electron chi connectivity index (χ2n) is 1.47. The number of rotatable bonds is 4. The van der Waals surface area contributed by atoms with Gasteiger partial charge >= 0.3 is 11.9 Å². The van der Waals surface area contributed by atoms with E-state index >= 15 is 0 Å². The fourth-order valence-electron chi connectivity index (χ4n) is 0.364. The maximum absolute atomic E-state index is 10.4. The number of hydrogen-bond donors (Lipinski definition) is 2. The summed E-state index contributed by atoms with van der Waals surface area (Å²) < 4.78 is 7.99. The third kappa shape index (κ3) is 7.55. The van der Waals surface area contributed by atoms with Crippen LogP contribution in [0.15, 0.2) is 0 Å².